The molecule has 57 heavy (non-hydrogen) atoms. The molecule has 12 rings (SSSR count). The standard InChI is InChI=1S/C52H32N2O3/c1-2-13-33(14-3-1)54(45-32-51-52(42-20-5-4-17-38(42)45)43-21-8-11-24-48(43)57-51)35-16-12-15-34(29-35)53(36-26-28-49-44(30-36)40-19-7-10-23-47(40)55-49)37-25-27-41-39-18-6-9-22-46(39)56-50(41)31-37/h1-32H. The number of hydrogen-bond acceptors (Lipinski definition) is 5. The van der Waals surface area contributed by atoms with Gasteiger partial charge in [0.15, 0.2) is 0 Å². The number of fused-ring (bicyclic) bond motifs is 11. The Balaban J connectivity index is 1.09. The van der Waals surface area contributed by atoms with Gasteiger partial charge in [-0.25, -0.2) is 0 Å². The molecule has 0 fully saturated rings. The van der Waals surface area contributed by atoms with Crippen molar-refractivity contribution in [3.8, 4) is 0 Å². The van der Waals surface area contributed by atoms with Crippen molar-refractivity contribution in [2.24, 2.45) is 0 Å². The Bertz CT molecular complexity index is 3500. The first-order chi connectivity index (χ1) is 28.2. The second-order valence-electron chi connectivity index (χ2n) is 14.5. The molecule has 12 aromatic rings. The summed E-state index contributed by atoms with van der Waals surface area (Å²) in [5, 5.41) is 8.85. The van der Waals surface area contributed by atoms with Crippen LogP contribution in [0, 0.1) is 0 Å². The van der Waals surface area contributed by atoms with Crippen LogP contribution in [0.4, 0.5) is 34.1 Å². The van der Waals surface area contributed by atoms with Crippen LogP contribution in [0.1, 0.15) is 0 Å². The molecule has 0 saturated heterocycles. The highest BCUT2D eigenvalue weighted by atomic mass is 16.3. The molecule has 3 heterocycles. The molecule has 0 aliphatic carbocycles. The van der Waals surface area contributed by atoms with Crippen LogP contribution >= 0.6 is 0 Å². The average molecular weight is 733 g/mol. The van der Waals surface area contributed by atoms with Crippen molar-refractivity contribution in [2.45, 2.75) is 0 Å². The summed E-state index contributed by atoms with van der Waals surface area (Å²) in [6.07, 6.45) is 0. The third-order valence-electron chi connectivity index (χ3n) is 11.2. The molecule has 0 amide bonds. The van der Waals surface area contributed by atoms with Gasteiger partial charge in [-0.3, -0.25) is 0 Å². The first kappa shape index (κ1) is 31.6. The maximum Gasteiger partial charge on any atom is 0.138 e. The van der Waals surface area contributed by atoms with Crippen LogP contribution in [0.3, 0.4) is 0 Å². The molecule has 0 bridgehead atoms. The number of para-hydroxylation sites is 4. The molecular formula is C52H32N2O3. The van der Waals surface area contributed by atoms with E-state index in [0.29, 0.717) is 0 Å². The van der Waals surface area contributed by atoms with E-state index < -0.39 is 0 Å². The second-order valence-corrected chi connectivity index (χ2v) is 14.5. The quantitative estimate of drug-likeness (QED) is 0.170. The van der Waals surface area contributed by atoms with Crippen molar-refractivity contribution in [3.05, 3.63) is 194 Å². The zero-order valence-electron chi connectivity index (χ0n) is 30.6. The van der Waals surface area contributed by atoms with Crippen molar-refractivity contribution in [1.82, 2.24) is 0 Å². The smallest absolute Gasteiger partial charge is 0.138 e. The van der Waals surface area contributed by atoms with Crippen LogP contribution in [0.15, 0.2) is 207 Å². The number of hydrogen-bond donors (Lipinski definition) is 0. The van der Waals surface area contributed by atoms with Crippen LogP contribution in [0.25, 0.3) is 76.6 Å². The van der Waals surface area contributed by atoms with Gasteiger partial charge >= 0.3 is 0 Å². The van der Waals surface area contributed by atoms with Crippen LogP contribution < -0.4 is 9.80 Å². The van der Waals surface area contributed by atoms with E-state index in [9.17, 15) is 0 Å². The summed E-state index contributed by atoms with van der Waals surface area (Å²) in [6.45, 7) is 0. The Morgan fingerprint density at radius 3 is 1.51 bits per heavy atom. The van der Waals surface area contributed by atoms with Gasteiger partial charge in [-0.15, -0.1) is 0 Å². The van der Waals surface area contributed by atoms with Crippen LogP contribution in [0.5, 0.6) is 0 Å². The lowest BCUT2D eigenvalue weighted by Crippen LogP contribution is -2.13. The van der Waals surface area contributed by atoms with E-state index in [2.05, 4.69) is 168 Å². The zero-order valence-corrected chi connectivity index (χ0v) is 30.6. The van der Waals surface area contributed by atoms with Crippen molar-refractivity contribution in [3.63, 3.8) is 0 Å². The minimum atomic E-state index is 0.834. The first-order valence-electron chi connectivity index (χ1n) is 19.2. The Morgan fingerprint density at radius 2 is 0.737 bits per heavy atom. The summed E-state index contributed by atoms with van der Waals surface area (Å²) >= 11 is 0. The maximum atomic E-state index is 6.57. The van der Waals surface area contributed by atoms with Crippen LogP contribution in [-0.2, 0) is 0 Å². The van der Waals surface area contributed by atoms with Crippen molar-refractivity contribution in [2.75, 3.05) is 9.80 Å². The number of rotatable bonds is 6. The average Bonchev–Trinajstić information content (AvgIpc) is 3.95. The SMILES string of the molecule is c1ccc(N(c2cccc(N(c3ccc4c(c3)oc3ccccc34)c3ccc4oc5ccccc5c4c3)c2)c2cc3oc4ccccc4c3c3ccccc23)cc1. The maximum absolute atomic E-state index is 6.57. The van der Waals surface area contributed by atoms with Crippen molar-refractivity contribution < 1.29 is 13.3 Å². The molecule has 0 aliphatic heterocycles. The highest BCUT2D eigenvalue weighted by Crippen LogP contribution is 2.47. The highest BCUT2D eigenvalue weighted by Gasteiger charge is 2.23. The largest absolute Gasteiger partial charge is 0.456 e. The van der Waals surface area contributed by atoms with Crippen molar-refractivity contribution in [1.29, 1.82) is 0 Å². The van der Waals surface area contributed by atoms with Gasteiger partial charge in [0, 0.05) is 78.3 Å². The molecule has 0 saturated carbocycles. The van der Waals surface area contributed by atoms with E-state index in [1.807, 2.05) is 36.4 Å². The third-order valence-corrected chi connectivity index (χ3v) is 11.2. The van der Waals surface area contributed by atoms with Crippen LogP contribution in [-0.4, -0.2) is 0 Å². The predicted octanol–water partition coefficient (Wildman–Crippen LogP) is 15.5. The molecule has 5 heteroatoms. The fourth-order valence-electron chi connectivity index (χ4n) is 8.68. The number of benzene rings is 9. The molecule has 0 N–H and O–H groups in total. The summed E-state index contributed by atoms with van der Waals surface area (Å²) in [5.41, 5.74) is 11.2. The lowest BCUT2D eigenvalue weighted by atomic mass is 10.0. The van der Waals surface area contributed by atoms with E-state index in [4.69, 9.17) is 13.3 Å². The predicted molar refractivity (Wildman–Crippen MR) is 235 cm³/mol. The van der Waals surface area contributed by atoms with Gasteiger partial charge in [-0.05, 0) is 84.2 Å². The van der Waals surface area contributed by atoms with Crippen LogP contribution in [0.2, 0.25) is 0 Å². The summed E-state index contributed by atoms with van der Waals surface area (Å²) < 4.78 is 19.3. The second kappa shape index (κ2) is 12.4. The van der Waals surface area contributed by atoms with E-state index >= 15 is 0 Å². The lowest BCUT2D eigenvalue weighted by molar-refractivity contribution is 0.668. The van der Waals surface area contributed by atoms with Gasteiger partial charge in [0.2, 0.25) is 0 Å². The van der Waals surface area contributed by atoms with Gasteiger partial charge < -0.3 is 23.1 Å². The fourth-order valence-corrected chi connectivity index (χ4v) is 8.68. The summed E-state index contributed by atoms with van der Waals surface area (Å²) in [5.74, 6) is 0. The first-order valence-corrected chi connectivity index (χ1v) is 19.2. The fraction of sp³-hybridized carbons (Fsp3) is 0. The molecule has 0 atom stereocenters. The molecule has 0 unspecified atom stereocenters. The molecule has 0 spiro atoms. The zero-order chi connectivity index (χ0) is 37.5. The van der Waals surface area contributed by atoms with E-state index in [1.54, 1.807) is 0 Å². The molecule has 5 nitrogen and oxygen atoms in total. The summed E-state index contributed by atoms with van der Waals surface area (Å²) in [4.78, 5) is 4.65. The highest BCUT2D eigenvalue weighted by molar-refractivity contribution is 6.22. The Labute approximate surface area is 326 Å². The molecule has 268 valence electrons. The van der Waals surface area contributed by atoms with E-state index in [-0.39, 0.29) is 0 Å². The molecular weight excluding hydrogens is 701 g/mol. The normalized spacial score (nSPS) is 11.9. The van der Waals surface area contributed by atoms with Gasteiger partial charge in [0.1, 0.15) is 33.5 Å². The Kier molecular flexibility index (Phi) is 6.86. The minimum absolute atomic E-state index is 0.834. The molecule has 0 aliphatic rings. The molecule has 3 aromatic heterocycles. The van der Waals surface area contributed by atoms with Gasteiger partial charge in [0.25, 0.3) is 0 Å². The van der Waals surface area contributed by atoms with E-state index in [0.717, 1.165) is 111 Å². The van der Waals surface area contributed by atoms with Crippen molar-refractivity contribution >= 4 is 111 Å². The number of furan rings is 3. The summed E-state index contributed by atoms with van der Waals surface area (Å²) in [7, 11) is 0. The Morgan fingerprint density at radius 1 is 0.246 bits per heavy atom. The molecule has 0 radical (unpaired) electrons. The molecule has 9 aromatic carbocycles. The monoisotopic (exact) mass is 732 g/mol. The van der Waals surface area contributed by atoms with Gasteiger partial charge in [-0.2, -0.15) is 0 Å². The van der Waals surface area contributed by atoms with Gasteiger partial charge in [-0.1, -0.05) is 103 Å². The summed E-state index contributed by atoms with van der Waals surface area (Å²) in [6, 6.07) is 67.8. The number of nitrogens with zero attached hydrogens (tertiary/aromatic N) is 2. The third kappa shape index (κ3) is 4.96. The van der Waals surface area contributed by atoms with Gasteiger partial charge in [0.05, 0.1) is 5.69 Å². The topological polar surface area (TPSA) is 45.9 Å². The van der Waals surface area contributed by atoms with E-state index in [1.165, 1.54) is 0 Å². The lowest BCUT2D eigenvalue weighted by Gasteiger charge is -2.30. The number of anilines is 6. The Hall–Kier alpha value is -7.76. The minimum Gasteiger partial charge on any atom is -0.456 e.